The van der Waals surface area contributed by atoms with E-state index in [-0.39, 0.29) is 5.82 Å². The first-order valence-corrected chi connectivity index (χ1v) is 12.4. The molecule has 0 aliphatic heterocycles. The Bertz CT molecular complexity index is 1790. The largest absolute Gasteiger partial charge is 0.495 e. The highest BCUT2D eigenvalue weighted by Crippen LogP contribution is 2.35. The fourth-order valence-corrected chi connectivity index (χ4v) is 4.51. The topological polar surface area (TPSA) is 105 Å². The summed E-state index contributed by atoms with van der Waals surface area (Å²) in [5.74, 6) is 0.784. The van der Waals surface area contributed by atoms with Crippen LogP contribution in [-0.4, -0.2) is 69.4 Å². The molecule has 5 aromatic heterocycles. The van der Waals surface area contributed by atoms with E-state index in [4.69, 9.17) is 9.47 Å². The number of fused-ring (bicyclic) bond motifs is 2. The third kappa shape index (κ3) is 4.89. The van der Waals surface area contributed by atoms with Gasteiger partial charge in [0.05, 0.1) is 19.0 Å². The third-order valence-corrected chi connectivity index (χ3v) is 6.48. The molecule has 6 aromatic rings. The van der Waals surface area contributed by atoms with Gasteiger partial charge in [-0.3, -0.25) is 10.1 Å². The number of rotatable bonds is 8. The number of nitrogens with zero attached hydrogens (tertiary/aromatic N) is 5. The molecule has 0 atom stereocenters. The highest BCUT2D eigenvalue weighted by molar-refractivity contribution is 5.99. The molecule has 0 bridgehead atoms. The number of likely N-dealkylation sites (N-methyl/N-ethyl adjacent to an activating group) is 1. The van der Waals surface area contributed by atoms with Crippen LogP contribution in [0.15, 0.2) is 67.3 Å². The van der Waals surface area contributed by atoms with Gasteiger partial charge >= 0.3 is 0 Å². The Morgan fingerprint density at radius 2 is 1.72 bits per heavy atom. The van der Waals surface area contributed by atoms with E-state index in [1.165, 1.54) is 12.1 Å². The molecule has 0 saturated carbocycles. The second-order valence-electron chi connectivity index (χ2n) is 9.44. The Balaban J connectivity index is 1.40. The molecule has 0 radical (unpaired) electrons. The number of aromatic amines is 2. The van der Waals surface area contributed by atoms with Crippen LogP contribution >= 0.6 is 0 Å². The Morgan fingerprint density at radius 3 is 2.56 bits per heavy atom. The molecule has 0 aliphatic carbocycles. The van der Waals surface area contributed by atoms with Gasteiger partial charge in [0.25, 0.3) is 0 Å². The van der Waals surface area contributed by atoms with Crippen molar-refractivity contribution < 1.29 is 13.9 Å². The summed E-state index contributed by atoms with van der Waals surface area (Å²) in [7, 11) is 5.54. The minimum Gasteiger partial charge on any atom is -0.495 e. The van der Waals surface area contributed by atoms with Gasteiger partial charge in [0.15, 0.2) is 5.65 Å². The molecule has 0 saturated heterocycles. The Morgan fingerprint density at radius 1 is 0.872 bits per heavy atom. The average Bonchev–Trinajstić information content (AvgIpc) is 3.56. The van der Waals surface area contributed by atoms with E-state index >= 15 is 0 Å². The van der Waals surface area contributed by atoms with Gasteiger partial charge in [-0.2, -0.15) is 5.10 Å². The van der Waals surface area contributed by atoms with Crippen molar-refractivity contribution in [2.24, 2.45) is 0 Å². The van der Waals surface area contributed by atoms with E-state index in [1.807, 2.05) is 49.3 Å². The van der Waals surface area contributed by atoms with Crippen LogP contribution in [0.25, 0.3) is 55.7 Å². The van der Waals surface area contributed by atoms with Crippen LogP contribution in [0.5, 0.6) is 11.5 Å². The minimum atomic E-state index is -0.364. The summed E-state index contributed by atoms with van der Waals surface area (Å²) >= 11 is 0. The molecule has 0 aliphatic rings. The molecular weight excluding hydrogens is 497 g/mol. The number of ether oxygens (including phenoxy) is 2. The van der Waals surface area contributed by atoms with Crippen LogP contribution in [0.4, 0.5) is 4.39 Å². The van der Waals surface area contributed by atoms with Crippen molar-refractivity contribution in [2.75, 3.05) is 34.4 Å². The van der Waals surface area contributed by atoms with E-state index < -0.39 is 0 Å². The van der Waals surface area contributed by atoms with Gasteiger partial charge in [-0.15, -0.1) is 0 Å². The maximum atomic E-state index is 14.6. The Kier molecular flexibility index (Phi) is 6.37. The quantitative estimate of drug-likeness (QED) is 0.278. The third-order valence-electron chi connectivity index (χ3n) is 6.48. The van der Waals surface area contributed by atoms with E-state index in [1.54, 1.807) is 31.9 Å². The molecule has 9 nitrogen and oxygen atoms in total. The summed E-state index contributed by atoms with van der Waals surface area (Å²) < 4.78 is 25.7. The predicted molar refractivity (Wildman–Crippen MR) is 148 cm³/mol. The van der Waals surface area contributed by atoms with E-state index in [9.17, 15) is 4.39 Å². The fourth-order valence-electron chi connectivity index (χ4n) is 4.51. The van der Waals surface area contributed by atoms with Crippen LogP contribution < -0.4 is 9.47 Å². The van der Waals surface area contributed by atoms with Crippen LogP contribution in [0.1, 0.15) is 0 Å². The average molecular weight is 524 g/mol. The van der Waals surface area contributed by atoms with Gasteiger partial charge in [0, 0.05) is 53.1 Å². The van der Waals surface area contributed by atoms with Crippen LogP contribution in [0.2, 0.25) is 0 Å². The monoisotopic (exact) mass is 523 g/mol. The fraction of sp³-hybridized carbons (Fsp3) is 0.172. The first kappa shape index (κ1) is 24.5. The van der Waals surface area contributed by atoms with Crippen molar-refractivity contribution in [1.29, 1.82) is 0 Å². The lowest BCUT2D eigenvalue weighted by molar-refractivity contribution is 0.260. The molecular formula is C29H26FN7O2. The Labute approximate surface area is 223 Å². The number of benzene rings is 1. The molecule has 5 heterocycles. The molecule has 0 amide bonds. The second kappa shape index (κ2) is 10.1. The molecule has 1 aromatic carbocycles. The van der Waals surface area contributed by atoms with E-state index in [2.05, 4.69) is 30.1 Å². The number of methoxy groups -OCH3 is 1. The van der Waals surface area contributed by atoms with Gasteiger partial charge in [-0.05, 0) is 61.6 Å². The summed E-state index contributed by atoms with van der Waals surface area (Å²) in [6.07, 6.45) is 6.90. The standard InChI is InChI=1S/C29H26FN7O2/c1-37(2)6-7-39-21-9-17(8-20(30)12-21)23-4-5-32-28-24(23)13-26(34-28)27-25-11-19(15-33-29(25)36-35-27)18-10-22(38-3)16-31-14-18/h4-5,8-16H,6-7H2,1-3H3,(H,32,34)(H,33,35,36). The molecule has 196 valence electrons. The number of hydrogen-bond acceptors (Lipinski definition) is 7. The normalized spacial score (nSPS) is 11.5. The summed E-state index contributed by atoms with van der Waals surface area (Å²) in [5, 5.41) is 9.23. The first-order chi connectivity index (χ1) is 19.0. The summed E-state index contributed by atoms with van der Waals surface area (Å²) in [6.45, 7) is 1.19. The smallest absolute Gasteiger partial charge is 0.155 e. The molecule has 39 heavy (non-hydrogen) atoms. The van der Waals surface area contributed by atoms with Crippen molar-refractivity contribution in [3.05, 3.63) is 73.1 Å². The van der Waals surface area contributed by atoms with Crippen molar-refractivity contribution in [2.45, 2.75) is 0 Å². The van der Waals surface area contributed by atoms with E-state index in [0.717, 1.165) is 39.7 Å². The molecule has 10 heteroatoms. The van der Waals surface area contributed by atoms with Crippen molar-refractivity contribution in [3.63, 3.8) is 0 Å². The summed E-state index contributed by atoms with van der Waals surface area (Å²) in [6, 6.07) is 12.5. The maximum Gasteiger partial charge on any atom is 0.155 e. The highest BCUT2D eigenvalue weighted by atomic mass is 19.1. The minimum absolute atomic E-state index is 0.364. The summed E-state index contributed by atoms with van der Waals surface area (Å²) in [4.78, 5) is 18.7. The molecule has 0 unspecified atom stereocenters. The van der Waals surface area contributed by atoms with Gasteiger partial charge in [-0.25, -0.2) is 14.4 Å². The van der Waals surface area contributed by atoms with Crippen LogP contribution in [0.3, 0.4) is 0 Å². The molecule has 0 fully saturated rings. The highest BCUT2D eigenvalue weighted by Gasteiger charge is 2.16. The Hall–Kier alpha value is -4.83. The van der Waals surface area contributed by atoms with Crippen molar-refractivity contribution in [1.82, 2.24) is 35.0 Å². The zero-order valence-electron chi connectivity index (χ0n) is 21.7. The zero-order chi connectivity index (χ0) is 26.9. The molecule has 0 spiro atoms. The SMILES string of the molecule is COc1cncc(-c2cnc3[nH]nc(-c4cc5c(-c6cc(F)cc(OCCN(C)C)c6)ccnc5[nH]4)c3c2)c1. The number of pyridine rings is 3. The van der Waals surface area contributed by atoms with Gasteiger partial charge < -0.3 is 19.4 Å². The van der Waals surface area contributed by atoms with E-state index in [0.29, 0.717) is 40.7 Å². The summed E-state index contributed by atoms with van der Waals surface area (Å²) in [5.41, 5.74) is 6.08. The molecule has 2 N–H and O–H groups in total. The number of hydrogen-bond donors (Lipinski definition) is 2. The lowest BCUT2D eigenvalue weighted by Gasteiger charge is -2.12. The van der Waals surface area contributed by atoms with Crippen LogP contribution in [0, 0.1) is 5.82 Å². The number of halogens is 1. The van der Waals surface area contributed by atoms with Gasteiger partial charge in [0.2, 0.25) is 0 Å². The van der Waals surface area contributed by atoms with Crippen molar-refractivity contribution >= 4 is 22.1 Å². The predicted octanol–water partition coefficient (Wildman–Crippen LogP) is 5.32. The second-order valence-corrected chi connectivity index (χ2v) is 9.44. The van der Waals surface area contributed by atoms with Crippen molar-refractivity contribution in [3.8, 4) is 45.1 Å². The first-order valence-electron chi connectivity index (χ1n) is 12.4. The van der Waals surface area contributed by atoms with Gasteiger partial charge in [0.1, 0.15) is 35.3 Å². The van der Waals surface area contributed by atoms with Crippen LogP contribution in [-0.2, 0) is 0 Å². The number of aromatic nitrogens is 6. The zero-order valence-corrected chi connectivity index (χ0v) is 21.7. The molecule has 6 rings (SSSR count). The number of H-pyrrole nitrogens is 2. The lowest BCUT2D eigenvalue weighted by atomic mass is 10.0. The maximum absolute atomic E-state index is 14.6. The number of nitrogens with one attached hydrogen (secondary N) is 2. The lowest BCUT2D eigenvalue weighted by Crippen LogP contribution is -2.19. The van der Waals surface area contributed by atoms with Gasteiger partial charge in [-0.1, -0.05) is 0 Å².